The molecule has 0 saturated carbocycles. The summed E-state index contributed by atoms with van der Waals surface area (Å²) in [6.07, 6.45) is 1.95. The highest BCUT2D eigenvalue weighted by molar-refractivity contribution is 6.30. The number of hydrogen-bond donors (Lipinski definition) is 0. The van der Waals surface area contributed by atoms with Gasteiger partial charge >= 0.3 is 0 Å². The van der Waals surface area contributed by atoms with Crippen LogP contribution in [0.1, 0.15) is 28.4 Å². The number of benzene rings is 2. The molecule has 0 N–H and O–H groups in total. The summed E-state index contributed by atoms with van der Waals surface area (Å²) >= 11 is 5.84. The topological polar surface area (TPSA) is 17.1 Å². The number of carbonyl (C=O) groups is 1. The predicted molar refractivity (Wildman–Crippen MR) is 75.3 cm³/mol. The van der Waals surface area contributed by atoms with Gasteiger partial charge in [0.25, 0.3) is 0 Å². The van der Waals surface area contributed by atoms with Gasteiger partial charge in [-0.05, 0) is 43.0 Å². The van der Waals surface area contributed by atoms with Crippen LogP contribution in [-0.2, 0) is 12.8 Å². The van der Waals surface area contributed by atoms with Crippen molar-refractivity contribution in [3.63, 3.8) is 0 Å². The van der Waals surface area contributed by atoms with Gasteiger partial charge in [-0.25, -0.2) is 0 Å². The fourth-order valence-electron chi connectivity index (χ4n) is 1.85. The molecule has 0 aromatic heterocycles. The van der Waals surface area contributed by atoms with Crippen molar-refractivity contribution < 1.29 is 4.79 Å². The van der Waals surface area contributed by atoms with Crippen molar-refractivity contribution in [2.24, 2.45) is 0 Å². The van der Waals surface area contributed by atoms with Gasteiger partial charge in [-0.3, -0.25) is 4.79 Å². The first-order valence-corrected chi connectivity index (χ1v) is 6.37. The van der Waals surface area contributed by atoms with Gasteiger partial charge < -0.3 is 0 Å². The van der Waals surface area contributed by atoms with E-state index in [2.05, 4.69) is 0 Å². The number of rotatable bonds is 4. The quantitative estimate of drug-likeness (QED) is 0.746. The molecule has 0 bridgehead atoms. The lowest BCUT2D eigenvalue weighted by atomic mass is 10.0. The average Bonchev–Trinajstić information content (AvgIpc) is 2.38. The van der Waals surface area contributed by atoms with Crippen molar-refractivity contribution in [1.82, 2.24) is 0 Å². The summed E-state index contributed by atoms with van der Waals surface area (Å²) in [6.45, 7) is 1.59. The molecule has 0 aliphatic heterocycles. The number of aryl methyl sites for hydroxylation is 2. The monoisotopic (exact) mass is 258 g/mol. The largest absolute Gasteiger partial charge is 0.295 e. The second-order valence-corrected chi connectivity index (χ2v) is 4.82. The molecule has 0 fully saturated rings. The van der Waals surface area contributed by atoms with Crippen LogP contribution in [0.25, 0.3) is 0 Å². The van der Waals surface area contributed by atoms with Gasteiger partial charge in [0.05, 0.1) is 0 Å². The molecule has 0 aliphatic rings. The van der Waals surface area contributed by atoms with Crippen molar-refractivity contribution in [2.75, 3.05) is 0 Å². The first-order chi connectivity index (χ1) is 8.65. The van der Waals surface area contributed by atoms with Crippen LogP contribution in [0, 0.1) is 0 Å². The Kier molecular flexibility index (Phi) is 4.16. The third kappa shape index (κ3) is 3.44. The fraction of sp³-hybridized carbons (Fsp3) is 0.188. The molecule has 2 heteroatoms. The highest BCUT2D eigenvalue weighted by Crippen LogP contribution is 2.13. The van der Waals surface area contributed by atoms with Crippen molar-refractivity contribution in [2.45, 2.75) is 19.8 Å². The number of halogens is 1. The van der Waals surface area contributed by atoms with E-state index in [0.717, 1.165) is 23.4 Å². The van der Waals surface area contributed by atoms with E-state index in [4.69, 9.17) is 11.6 Å². The van der Waals surface area contributed by atoms with Gasteiger partial charge in [0.15, 0.2) is 5.78 Å². The lowest BCUT2D eigenvalue weighted by Crippen LogP contribution is -1.94. The number of hydrogen-bond acceptors (Lipinski definition) is 1. The van der Waals surface area contributed by atoms with Crippen LogP contribution in [0.4, 0.5) is 0 Å². The lowest BCUT2D eigenvalue weighted by molar-refractivity contribution is 0.101. The molecule has 2 aromatic rings. The predicted octanol–water partition coefficient (Wildman–Crippen LogP) is 4.33. The van der Waals surface area contributed by atoms with Gasteiger partial charge in [0, 0.05) is 10.6 Å². The molecular weight excluding hydrogens is 244 g/mol. The van der Waals surface area contributed by atoms with Crippen LogP contribution in [-0.4, -0.2) is 5.78 Å². The molecule has 0 aliphatic carbocycles. The summed E-state index contributed by atoms with van der Waals surface area (Å²) in [5.74, 6) is 0.110. The van der Waals surface area contributed by atoms with E-state index in [0.29, 0.717) is 0 Å². The maximum absolute atomic E-state index is 11.2. The van der Waals surface area contributed by atoms with Crippen LogP contribution in [0.2, 0.25) is 5.02 Å². The Hall–Kier alpha value is -1.60. The molecule has 0 saturated heterocycles. The Balaban J connectivity index is 1.97. The lowest BCUT2D eigenvalue weighted by Gasteiger charge is -2.03. The SMILES string of the molecule is CC(=O)c1ccc(CCc2ccc(Cl)cc2)cc1. The molecule has 2 aromatic carbocycles. The molecule has 0 spiro atoms. The Labute approximate surface area is 112 Å². The first kappa shape index (κ1) is 12.8. The van der Waals surface area contributed by atoms with E-state index in [9.17, 15) is 4.79 Å². The highest BCUT2D eigenvalue weighted by Gasteiger charge is 2.00. The highest BCUT2D eigenvalue weighted by atomic mass is 35.5. The second-order valence-electron chi connectivity index (χ2n) is 4.38. The molecule has 0 atom stereocenters. The van der Waals surface area contributed by atoms with Gasteiger partial charge in [0.2, 0.25) is 0 Å². The Bertz CT molecular complexity index is 526. The van der Waals surface area contributed by atoms with Crippen LogP contribution in [0.5, 0.6) is 0 Å². The van der Waals surface area contributed by atoms with Crippen LogP contribution in [0.3, 0.4) is 0 Å². The summed E-state index contributed by atoms with van der Waals surface area (Å²) in [5, 5.41) is 0.768. The average molecular weight is 259 g/mol. The van der Waals surface area contributed by atoms with Gasteiger partial charge in [-0.2, -0.15) is 0 Å². The maximum Gasteiger partial charge on any atom is 0.159 e. The number of carbonyl (C=O) groups excluding carboxylic acids is 1. The van der Waals surface area contributed by atoms with Gasteiger partial charge in [0.1, 0.15) is 0 Å². The van der Waals surface area contributed by atoms with Crippen molar-refractivity contribution >= 4 is 17.4 Å². The first-order valence-electron chi connectivity index (χ1n) is 5.99. The Morgan fingerprint density at radius 2 is 1.33 bits per heavy atom. The van der Waals surface area contributed by atoms with E-state index in [-0.39, 0.29) is 5.78 Å². The molecule has 18 heavy (non-hydrogen) atoms. The standard InChI is InChI=1S/C16H15ClO/c1-12(18)15-8-4-13(5-9-15)2-3-14-6-10-16(17)11-7-14/h4-11H,2-3H2,1H3. The van der Waals surface area contributed by atoms with Crippen LogP contribution >= 0.6 is 11.6 Å². The summed E-state index contributed by atoms with van der Waals surface area (Å²) in [7, 11) is 0. The molecule has 0 heterocycles. The molecule has 1 nitrogen and oxygen atoms in total. The van der Waals surface area contributed by atoms with E-state index in [1.54, 1.807) is 6.92 Å². The zero-order valence-corrected chi connectivity index (χ0v) is 11.1. The summed E-state index contributed by atoms with van der Waals surface area (Å²) < 4.78 is 0. The minimum atomic E-state index is 0.110. The van der Waals surface area contributed by atoms with Crippen molar-refractivity contribution in [3.8, 4) is 0 Å². The minimum absolute atomic E-state index is 0.110. The molecule has 2 rings (SSSR count). The molecular formula is C16H15ClO. The third-order valence-corrected chi connectivity index (χ3v) is 3.23. The van der Waals surface area contributed by atoms with Crippen LogP contribution in [0.15, 0.2) is 48.5 Å². The van der Waals surface area contributed by atoms with Crippen molar-refractivity contribution in [1.29, 1.82) is 0 Å². The minimum Gasteiger partial charge on any atom is -0.295 e. The zero-order valence-electron chi connectivity index (χ0n) is 10.3. The molecule has 0 amide bonds. The summed E-state index contributed by atoms with van der Waals surface area (Å²) in [4.78, 5) is 11.2. The summed E-state index contributed by atoms with van der Waals surface area (Å²) in [6, 6.07) is 15.7. The van der Waals surface area contributed by atoms with Gasteiger partial charge in [-0.15, -0.1) is 0 Å². The fourth-order valence-corrected chi connectivity index (χ4v) is 1.97. The van der Waals surface area contributed by atoms with Crippen LogP contribution < -0.4 is 0 Å². The molecule has 0 radical (unpaired) electrons. The number of Topliss-reactive ketones (excluding diaryl/α,β-unsaturated/α-hetero) is 1. The smallest absolute Gasteiger partial charge is 0.159 e. The van der Waals surface area contributed by atoms with E-state index >= 15 is 0 Å². The van der Waals surface area contributed by atoms with Crippen molar-refractivity contribution in [3.05, 3.63) is 70.2 Å². The summed E-state index contributed by atoms with van der Waals surface area (Å²) in [5.41, 5.74) is 3.29. The van der Waals surface area contributed by atoms with E-state index in [1.165, 1.54) is 11.1 Å². The maximum atomic E-state index is 11.2. The van der Waals surface area contributed by atoms with Gasteiger partial charge in [-0.1, -0.05) is 48.0 Å². The third-order valence-electron chi connectivity index (χ3n) is 2.98. The second kappa shape index (κ2) is 5.83. The molecule has 92 valence electrons. The van der Waals surface area contributed by atoms with E-state index < -0.39 is 0 Å². The van der Waals surface area contributed by atoms with E-state index in [1.807, 2.05) is 48.5 Å². The normalized spacial score (nSPS) is 10.3. The molecule has 0 unspecified atom stereocenters. The Morgan fingerprint density at radius 3 is 1.78 bits per heavy atom. The Morgan fingerprint density at radius 1 is 0.889 bits per heavy atom. The number of ketones is 1. The zero-order chi connectivity index (χ0) is 13.0.